The normalized spacial score (nSPS) is 17.2. The molecule has 0 bridgehead atoms. The molecule has 276 valence electrons. The molecular formula is C42H65ClO6. The van der Waals surface area contributed by atoms with Crippen LogP contribution in [0.5, 0.6) is 23.0 Å². The molecule has 2 aromatic rings. The molecule has 0 saturated carbocycles. The van der Waals surface area contributed by atoms with Gasteiger partial charge >= 0.3 is 0 Å². The number of halogens is 1. The van der Waals surface area contributed by atoms with Crippen molar-refractivity contribution in [3.8, 4) is 23.0 Å². The van der Waals surface area contributed by atoms with E-state index in [1.807, 2.05) is 32.0 Å². The van der Waals surface area contributed by atoms with E-state index in [0.717, 1.165) is 86.6 Å². The predicted molar refractivity (Wildman–Crippen MR) is 205 cm³/mol. The van der Waals surface area contributed by atoms with Crippen molar-refractivity contribution in [2.45, 2.75) is 143 Å². The van der Waals surface area contributed by atoms with Crippen molar-refractivity contribution in [2.24, 2.45) is 0 Å². The van der Waals surface area contributed by atoms with Gasteiger partial charge in [0.1, 0.15) is 29.1 Å². The molecule has 7 heteroatoms. The minimum atomic E-state index is 0.161. The number of hydrogen-bond acceptors (Lipinski definition) is 6. The highest BCUT2D eigenvalue weighted by Crippen LogP contribution is 2.43. The summed E-state index contributed by atoms with van der Waals surface area (Å²) in [6, 6.07) is 8.01. The minimum Gasteiger partial charge on any atom is -0.507 e. The van der Waals surface area contributed by atoms with Gasteiger partial charge in [-0.05, 0) is 127 Å². The lowest BCUT2D eigenvalue weighted by Crippen LogP contribution is -2.09. The lowest BCUT2D eigenvalue weighted by atomic mass is 9.84. The molecule has 0 spiro atoms. The van der Waals surface area contributed by atoms with E-state index in [-0.39, 0.29) is 30.1 Å². The van der Waals surface area contributed by atoms with E-state index < -0.39 is 0 Å². The molecule has 2 unspecified atom stereocenters. The quantitative estimate of drug-likeness (QED) is 0.0699. The largest absolute Gasteiger partial charge is 0.507 e. The van der Waals surface area contributed by atoms with Crippen LogP contribution in [0, 0.1) is 0 Å². The summed E-state index contributed by atoms with van der Waals surface area (Å²) >= 11 is 5.08. The lowest BCUT2D eigenvalue weighted by Gasteiger charge is -2.24. The van der Waals surface area contributed by atoms with Gasteiger partial charge in [-0.25, -0.2) is 0 Å². The van der Waals surface area contributed by atoms with Gasteiger partial charge in [-0.2, -0.15) is 0 Å². The highest BCUT2D eigenvalue weighted by atomic mass is 35.5. The second-order valence-corrected chi connectivity index (χ2v) is 13.6. The fourth-order valence-corrected chi connectivity index (χ4v) is 6.76. The van der Waals surface area contributed by atoms with Crippen LogP contribution in [0.15, 0.2) is 47.6 Å². The first-order valence-electron chi connectivity index (χ1n) is 18.8. The number of hydrogen-bond donors (Lipinski definition) is 3. The van der Waals surface area contributed by atoms with Gasteiger partial charge in [0.05, 0.1) is 0 Å². The van der Waals surface area contributed by atoms with Crippen molar-refractivity contribution in [3.05, 3.63) is 69.8 Å². The highest BCUT2D eigenvalue weighted by Gasteiger charge is 2.23. The van der Waals surface area contributed by atoms with E-state index in [4.69, 9.17) is 21.1 Å². The van der Waals surface area contributed by atoms with Crippen molar-refractivity contribution in [1.29, 1.82) is 0 Å². The van der Waals surface area contributed by atoms with Crippen LogP contribution in [-0.2, 0) is 22.3 Å². The number of aryl methyl sites for hydroxylation is 2. The molecule has 2 atom stereocenters. The van der Waals surface area contributed by atoms with E-state index in [2.05, 4.69) is 50.7 Å². The van der Waals surface area contributed by atoms with Crippen LogP contribution < -0.4 is 4.74 Å². The van der Waals surface area contributed by atoms with Crippen LogP contribution in [0.25, 0.3) is 0 Å². The average Bonchev–Trinajstić information content (AvgIpc) is 3.06. The van der Waals surface area contributed by atoms with Crippen LogP contribution in [0.2, 0.25) is 0 Å². The second kappa shape index (κ2) is 24.5. The number of ether oxygens (including phenoxy) is 3. The molecule has 2 aromatic carbocycles. The summed E-state index contributed by atoms with van der Waals surface area (Å²) in [5.74, 6) is 2.06. The predicted octanol–water partition coefficient (Wildman–Crippen LogP) is 12.0. The maximum Gasteiger partial charge on any atom is 0.189 e. The first kappa shape index (κ1) is 42.5. The molecule has 4 rings (SSSR count). The number of phenols is 3. The summed E-state index contributed by atoms with van der Waals surface area (Å²) in [5, 5.41) is 31.2. The Morgan fingerprint density at radius 1 is 0.653 bits per heavy atom. The third-order valence-electron chi connectivity index (χ3n) is 9.18. The summed E-state index contributed by atoms with van der Waals surface area (Å²) in [6.45, 7) is 14.1. The van der Waals surface area contributed by atoms with Crippen molar-refractivity contribution >= 4 is 11.6 Å². The monoisotopic (exact) mass is 700 g/mol. The van der Waals surface area contributed by atoms with E-state index in [9.17, 15) is 15.3 Å². The Morgan fingerprint density at radius 2 is 1.12 bits per heavy atom. The molecule has 0 heterocycles. The third-order valence-corrected chi connectivity index (χ3v) is 9.34. The molecule has 3 N–H and O–H groups in total. The molecule has 0 amide bonds. The molecule has 2 aliphatic rings. The number of allylic oxidation sites excluding steroid dienone is 4. The summed E-state index contributed by atoms with van der Waals surface area (Å²) in [5.41, 5.74) is 6.57. The molecular weight excluding hydrogens is 636 g/mol. The summed E-state index contributed by atoms with van der Waals surface area (Å²) < 4.78 is 15.8. The van der Waals surface area contributed by atoms with Crippen LogP contribution in [0.1, 0.15) is 153 Å². The maximum absolute atomic E-state index is 10.7. The lowest BCUT2D eigenvalue weighted by molar-refractivity contribution is 0.0215. The first-order chi connectivity index (χ1) is 23.7. The first-order valence-corrected chi connectivity index (χ1v) is 19.3. The van der Waals surface area contributed by atoms with E-state index >= 15 is 0 Å². The maximum atomic E-state index is 10.7. The minimum absolute atomic E-state index is 0.161. The molecule has 6 nitrogen and oxygen atoms in total. The second-order valence-electron chi connectivity index (χ2n) is 13.4. The standard InChI is InChI=1S/C21H32O3.C18H26O2.C3H7ClO/c1-4-6-7-10-17-13-19(22)21(18-11-8-9-16(3)12-18)20(14-17)24-15-23-5-2;1-3-4-5-8-14-11-16(19)18(17(20)12-14)15-9-6-7-13(2)10-15;1-2-5-3-4/h12-14,18,22H,4-11,15H2,1-3H3;10-12,15,19-20H,3-9H2,1-2H3;2-3H2,1H3. The van der Waals surface area contributed by atoms with Gasteiger partial charge < -0.3 is 29.5 Å². The summed E-state index contributed by atoms with van der Waals surface area (Å²) in [7, 11) is 0. The molecule has 0 saturated heterocycles. The Labute approximate surface area is 302 Å². The molecule has 0 fully saturated rings. The Bertz CT molecular complexity index is 1260. The summed E-state index contributed by atoms with van der Waals surface area (Å²) in [6.07, 6.45) is 20.0. The van der Waals surface area contributed by atoms with Gasteiger partial charge in [0, 0.05) is 36.2 Å². The fraction of sp³-hybridized carbons (Fsp3) is 0.619. The number of aromatic hydroxyl groups is 3. The topological polar surface area (TPSA) is 88.4 Å². The number of alkyl halides is 1. The van der Waals surface area contributed by atoms with Crippen molar-refractivity contribution in [3.63, 3.8) is 0 Å². The van der Waals surface area contributed by atoms with Gasteiger partial charge in [0.15, 0.2) is 6.79 Å². The molecule has 0 aromatic heterocycles. The van der Waals surface area contributed by atoms with Crippen LogP contribution in [-0.4, -0.2) is 41.4 Å². The van der Waals surface area contributed by atoms with Gasteiger partial charge in [-0.1, -0.05) is 74.4 Å². The van der Waals surface area contributed by atoms with Crippen LogP contribution in [0.3, 0.4) is 0 Å². The van der Waals surface area contributed by atoms with Gasteiger partial charge in [0.2, 0.25) is 0 Å². The Hall–Kier alpha value is -2.67. The molecule has 0 aliphatic heterocycles. The molecule has 49 heavy (non-hydrogen) atoms. The SMILES string of the molecule is CCCCCc1cc(O)c(C2C=C(C)CCC2)c(O)c1.CCCCCc1cc(O)c(C2C=C(C)CCC2)c(OCOCC)c1.CCOCCl. The average molecular weight is 701 g/mol. The zero-order valence-electron chi connectivity index (χ0n) is 31.3. The number of benzene rings is 2. The van der Waals surface area contributed by atoms with Gasteiger partial charge in [-0.15, -0.1) is 0 Å². The van der Waals surface area contributed by atoms with E-state index in [0.29, 0.717) is 30.6 Å². The highest BCUT2D eigenvalue weighted by molar-refractivity contribution is 6.17. The van der Waals surface area contributed by atoms with Crippen LogP contribution in [0.4, 0.5) is 0 Å². The third kappa shape index (κ3) is 15.4. The molecule has 2 aliphatic carbocycles. The van der Waals surface area contributed by atoms with E-state index in [1.165, 1.54) is 36.8 Å². The van der Waals surface area contributed by atoms with Gasteiger partial charge in [-0.3, -0.25) is 0 Å². The zero-order valence-corrected chi connectivity index (χ0v) is 32.0. The number of unbranched alkanes of at least 4 members (excludes halogenated alkanes) is 4. The van der Waals surface area contributed by atoms with Gasteiger partial charge in [0.25, 0.3) is 0 Å². The van der Waals surface area contributed by atoms with Crippen LogP contribution >= 0.6 is 11.6 Å². The number of phenolic OH excluding ortho intramolecular Hbond substituents is 3. The zero-order chi connectivity index (χ0) is 36.0. The van der Waals surface area contributed by atoms with E-state index in [1.54, 1.807) is 0 Å². The van der Waals surface area contributed by atoms with Crippen molar-refractivity contribution in [1.82, 2.24) is 0 Å². The van der Waals surface area contributed by atoms with Crippen molar-refractivity contribution in [2.75, 3.05) is 26.1 Å². The number of rotatable bonds is 16. The Balaban J connectivity index is 0.000000303. The fourth-order valence-electron chi connectivity index (χ4n) is 6.61. The Morgan fingerprint density at radius 3 is 1.55 bits per heavy atom. The Kier molecular flexibility index (Phi) is 21.2. The smallest absolute Gasteiger partial charge is 0.189 e. The molecule has 0 radical (unpaired) electrons. The van der Waals surface area contributed by atoms with Crippen molar-refractivity contribution < 1.29 is 29.5 Å². The summed E-state index contributed by atoms with van der Waals surface area (Å²) in [4.78, 5) is 0.